The highest BCUT2D eigenvalue weighted by Gasteiger charge is 2.36. The van der Waals surface area contributed by atoms with Crippen molar-refractivity contribution in [3.63, 3.8) is 0 Å². The second-order valence-electron chi connectivity index (χ2n) is 4.27. The number of hydrogen-bond donors (Lipinski definition) is 1. The van der Waals surface area contributed by atoms with Crippen LogP contribution in [0.25, 0.3) is 0 Å². The number of nitrogens with one attached hydrogen (secondary N) is 1. The Bertz CT molecular complexity index is 421. The van der Waals surface area contributed by atoms with Gasteiger partial charge in [0.05, 0.1) is 18.9 Å². The maximum Gasteiger partial charge on any atom is 0.407 e. The van der Waals surface area contributed by atoms with E-state index in [1.807, 2.05) is 0 Å². The predicted molar refractivity (Wildman–Crippen MR) is 70.1 cm³/mol. The third-order valence-corrected chi connectivity index (χ3v) is 2.57. The predicted octanol–water partition coefficient (Wildman–Crippen LogP) is 0.508. The standard InChI is InChI=1S/C13H19NO7/c1-4-18-13(17)14-10-5-6-19-11(7-20-8(2)15)12(10)21-9(3)16/h5-6,10-12H,4,7H2,1-3H3,(H,14,17)/t10-,11-,12+/m1/s1. The first kappa shape index (κ1) is 16.8. The topological polar surface area (TPSA) is 100 Å². The summed E-state index contributed by atoms with van der Waals surface area (Å²) in [7, 11) is 0. The Hall–Kier alpha value is -2.25. The SMILES string of the molecule is CCOC(=O)N[C@@H]1C=CO[C@H](COC(C)=O)[C@H]1OC(C)=O. The molecule has 0 spiro atoms. The smallest absolute Gasteiger partial charge is 0.407 e. The Kier molecular flexibility index (Phi) is 6.51. The summed E-state index contributed by atoms with van der Waals surface area (Å²) in [5, 5.41) is 2.55. The minimum atomic E-state index is -0.823. The molecule has 0 radical (unpaired) electrons. The highest BCUT2D eigenvalue weighted by Crippen LogP contribution is 2.17. The lowest BCUT2D eigenvalue weighted by Gasteiger charge is -2.33. The highest BCUT2D eigenvalue weighted by molar-refractivity contribution is 5.69. The molecule has 1 aliphatic heterocycles. The van der Waals surface area contributed by atoms with Crippen molar-refractivity contribution in [3.8, 4) is 0 Å². The minimum absolute atomic E-state index is 0.0986. The summed E-state index contributed by atoms with van der Waals surface area (Å²) in [6.07, 6.45) is 0.697. The number of hydrogen-bond acceptors (Lipinski definition) is 7. The molecule has 0 fully saturated rings. The monoisotopic (exact) mass is 301 g/mol. The highest BCUT2D eigenvalue weighted by atomic mass is 16.6. The van der Waals surface area contributed by atoms with Crippen LogP contribution in [-0.2, 0) is 28.5 Å². The Morgan fingerprint density at radius 1 is 1.19 bits per heavy atom. The van der Waals surface area contributed by atoms with E-state index in [1.54, 1.807) is 6.92 Å². The molecule has 1 amide bonds. The number of rotatable bonds is 5. The molecule has 1 N–H and O–H groups in total. The fraction of sp³-hybridized carbons (Fsp3) is 0.615. The van der Waals surface area contributed by atoms with Crippen molar-refractivity contribution < 1.29 is 33.3 Å². The molecule has 3 atom stereocenters. The molecule has 8 heteroatoms. The van der Waals surface area contributed by atoms with Crippen LogP contribution in [0, 0.1) is 0 Å². The van der Waals surface area contributed by atoms with E-state index in [9.17, 15) is 14.4 Å². The van der Waals surface area contributed by atoms with Gasteiger partial charge in [0.2, 0.25) is 0 Å². The molecule has 8 nitrogen and oxygen atoms in total. The van der Waals surface area contributed by atoms with E-state index >= 15 is 0 Å². The van der Waals surface area contributed by atoms with Gasteiger partial charge >= 0.3 is 18.0 Å². The van der Waals surface area contributed by atoms with E-state index < -0.39 is 36.3 Å². The molecule has 0 aliphatic carbocycles. The van der Waals surface area contributed by atoms with E-state index in [2.05, 4.69) is 5.32 Å². The molecular weight excluding hydrogens is 282 g/mol. The van der Waals surface area contributed by atoms with Gasteiger partial charge in [-0.25, -0.2) is 4.79 Å². The lowest BCUT2D eigenvalue weighted by molar-refractivity contribution is -0.161. The van der Waals surface area contributed by atoms with E-state index in [4.69, 9.17) is 18.9 Å². The van der Waals surface area contributed by atoms with Crippen LogP contribution in [0.15, 0.2) is 12.3 Å². The zero-order valence-electron chi connectivity index (χ0n) is 12.2. The molecule has 1 aliphatic rings. The maximum absolute atomic E-state index is 11.5. The van der Waals surface area contributed by atoms with Crippen LogP contribution in [0.5, 0.6) is 0 Å². The Balaban J connectivity index is 2.76. The normalized spacial score (nSPS) is 23.7. The Morgan fingerprint density at radius 2 is 1.90 bits per heavy atom. The van der Waals surface area contributed by atoms with Crippen LogP contribution >= 0.6 is 0 Å². The zero-order chi connectivity index (χ0) is 15.8. The van der Waals surface area contributed by atoms with Crippen molar-refractivity contribution in [1.29, 1.82) is 0 Å². The second kappa shape index (κ2) is 8.13. The first-order chi connectivity index (χ1) is 9.93. The average molecular weight is 301 g/mol. The number of ether oxygens (including phenoxy) is 4. The van der Waals surface area contributed by atoms with Crippen molar-refractivity contribution in [2.24, 2.45) is 0 Å². The van der Waals surface area contributed by atoms with Crippen LogP contribution in [-0.4, -0.2) is 49.5 Å². The molecular formula is C13H19NO7. The van der Waals surface area contributed by atoms with Gasteiger partial charge in [-0.05, 0) is 13.0 Å². The summed E-state index contributed by atoms with van der Waals surface area (Å²) in [6, 6.07) is -0.637. The van der Waals surface area contributed by atoms with Gasteiger partial charge in [-0.3, -0.25) is 9.59 Å². The van der Waals surface area contributed by atoms with Crippen LogP contribution in [0.4, 0.5) is 4.79 Å². The van der Waals surface area contributed by atoms with Gasteiger partial charge in [-0.1, -0.05) is 0 Å². The minimum Gasteiger partial charge on any atom is -0.491 e. The van der Waals surface area contributed by atoms with E-state index in [1.165, 1.54) is 26.2 Å². The summed E-state index contributed by atoms with van der Waals surface area (Å²) >= 11 is 0. The third kappa shape index (κ3) is 5.72. The van der Waals surface area contributed by atoms with Gasteiger partial charge in [0.15, 0.2) is 12.2 Å². The van der Waals surface area contributed by atoms with Gasteiger partial charge in [-0.2, -0.15) is 0 Å². The third-order valence-electron chi connectivity index (χ3n) is 2.57. The van der Waals surface area contributed by atoms with Crippen molar-refractivity contribution in [2.75, 3.05) is 13.2 Å². The lowest BCUT2D eigenvalue weighted by Crippen LogP contribution is -2.53. The first-order valence-corrected chi connectivity index (χ1v) is 6.50. The van der Waals surface area contributed by atoms with Gasteiger partial charge < -0.3 is 24.3 Å². The van der Waals surface area contributed by atoms with Crippen LogP contribution in [0.2, 0.25) is 0 Å². The van der Waals surface area contributed by atoms with Crippen LogP contribution in [0.1, 0.15) is 20.8 Å². The van der Waals surface area contributed by atoms with Crippen LogP contribution < -0.4 is 5.32 Å². The molecule has 0 aromatic carbocycles. The molecule has 0 aromatic heterocycles. The van der Waals surface area contributed by atoms with Gasteiger partial charge in [-0.15, -0.1) is 0 Å². The Labute approximate surface area is 122 Å². The van der Waals surface area contributed by atoms with Gasteiger partial charge in [0.25, 0.3) is 0 Å². The summed E-state index contributed by atoms with van der Waals surface area (Å²) in [5.74, 6) is -1.02. The molecule has 1 heterocycles. The van der Waals surface area contributed by atoms with Crippen molar-refractivity contribution in [3.05, 3.63) is 12.3 Å². The van der Waals surface area contributed by atoms with Crippen molar-refractivity contribution in [1.82, 2.24) is 5.32 Å². The fourth-order valence-corrected chi connectivity index (χ4v) is 1.76. The van der Waals surface area contributed by atoms with E-state index in [0.717, 1.165) is 0 Å². The molecule has 0 bridgehead atoms. The number of amides is 1. The summed E-state index contributed by atoms with van der Waals surface area (Å²) < 4.78 is 20.1. The van der Waals surface area contributed by atoms with Crippen LogP contribution in [0.3, 0.4) is 0 Å². The number of carbonyl (C=O) groups excluding carboxylic acids is 3. The molecule has 118 valence electrons. The van der Waals surface area contributed by atoms with Crippen molar-refractivity contribution in [2.45, 2.75) is 39.0 Å². The van der Waals surface area contributed by atoms with Crippen molar-refractivity contribution >= 4 is 18.0 Å². The first-order valence-electron chi connectivity index (χ1n) is 6.50. The molecule has 0 unspecified atom stereocenters. The summed E-state index contributed by atoms with van der Waals surface area (Å²) in [4.78, 5) is 33.5. The number of esters is 2. The molecule has 1 rings (SSSR count). The summed E-state index contributed by atoms with van der Waals surface area (Å²) in [6.45, 7) is 4.29. The van der Waals surface area contributed by atoms with Gasteiger partial charge in [0.1, 0.15) is 6.61 Å². The number of carbonyl (C=O) groups is 3. The second-order valence-corrected chi connectivity index (χ2v) is 4.27. The van der Waals surface area contributed by atoms with E-state index in [0.29, 0.717) is 0 Å². The molecule has 0 aromatic rings. The lowest BCUT2D eigenvalue weighted by atomic mass is 10.0. The molecule has 21 heavy (non-hydrogen) atoms. The van der Waals surface area contributed by atoms with E-state index in [-0.39, 0.29) is 13.2 Å². The van der Waals surface area contributed by atoms with Gasteiger partial charge in [0, 0.05) is 13.8 Å². The average Bonchev–Trinajstić information content (AvgIpc) is 2.38. The molecule has 0 saturated heterocycles. The summed E-state index contributed by atoms with van der Waals surface area (Å²) in [5.41, 5.74) is 0. The quantitative estimate of drug-likeness (QED) is 0.583. The zero-order valence-corrected chi connectivity index (χ0v) is 12.2. The fourth-order valence-electron chi connectivity index (χ4n) is 1.76. The number of alkyl carbamates (subject to hydrolysis) is 1. The maximum atomic E-state index is 11.5. The Morgan fingerprint density at radius 3 is 2.48 bits per heavy atom. The largest absolute Gasteiger partial charge is 0.491 e. The molecule has 0 saturated carbocycles.